The fourth-order valence-electron chi connectivity index (χ4n) is 1.16. The quantitative estimate of drug-likeness (QED) is 0.657. The third kappa shape index (κ3) is 3.72. The Morgan fingerprint density at radius 2 is 2.00 bits per heavy atom. The third-order valence-electron chi connectivity index (χ3n) is 1.93. The predicted octanol–water partition coefficient (Wildman–Crippen LogP) is -0.550. The molecule has 0 aromatic heterocycles. The van der Waals surface area contributed by atoms with E-state index in [1.54, 1.807) is 7.05 Å². The molecule has 0 saturated carbocycles. The number of likely N-dealkylation sites (N-methyl/N-ethyl adjacent to an activating group) is 1. The molecule has 4 heteroatoms. The van der Waals surface area contributed by atoms with E-state index in [0.29, 0.717) is 6.42 Å². The molecule has 1 aromatic carbocycles. The van der Waals surface area contributed by atoms with E-state index in [2.05, 4.69) is 5.32 Å². The Hall–Kier alpha value is -1.13. The van der Waals surface area contributed by atoms with Gasteiger partial charge in [0.1, 0.15) is 6.04 Å². The van der Waals surface area contributed by atoms with Crippen molar-refractivity contribution < 1.29 is 9.90 Å². The van der Waals surface area contributed by atoms with Crippen LogP contribution in [0.3, 0.4) is 0 Å². The van der Waals surface area contributed by atoms with Gasteiger partial charge in [0.25, 0.3) is 0 Å². The van der Waals surface area contributed by atoms with Gasteiger partial charge in [-0.3, -0.25) is 4.79 Å². The number of benzene rings is 1. The van der Waals surface area contributed by atoms with Gasteiger partial charge in [0, 0.05) is 0 Å². The number of rotatable bonds is 4. The second-order valence-electron chi connectivity index (χ2n) is 2.87. The minimum absolute atomic E-state index is 0. The fraction of sp³-hybridized carbons (Fsp3) is 0.300. The van der Waals surface area contributed by atoms with Crippen molar-refractivity contribution in [3.05, 3.63) is 35.9 Å². The average Bonchev–Trinajstić information content (AvgIpc) is 2.15. The molecular weight excluding hydrogens is 194 g/mol. The largest absolute Gasteiger partial charge is 0.480 e. The van der Waals surface area contributed by atoms with Crippen LogP contribution in [0.15, 0.2) is 30.3 Å². The molecule has 2 N–H and O–H groups in total. The summed E-state index contributed by atoms with van der Waals surface area (Å²) in [5.41, 5.74) is 1.03. The summed E-state index contributed by atoms with van der Waals surface area (Å²) in [4.78, 5) is 10.7. The zero-order valence-corrected chi connectivity index (χ0v) is 7.53. The van der Waals surface area contributed by atoms with Crippen LogP contribution in [-0.4, -0.2) is 35.1 Å². The second-order valence-corrected chi connectivity index (χ2v) is 2.87. The highest BCUT2D eigenvalue weighted by Gasteiger charge is 2.14. The van der Waals surface area contributed by atoms with Gasteiger partial charge >= 0.3 is 5.97 Å². The summed E-state index contributed by atoms with van der Waals surface area (Å²) in [6, 6.07) is 9.08. The van der Waals surface area contributed by atoms with Gasteiger partial charge in [-0.1, -0.05) is 30.3 Å². The maximum absolute atomic E-state index is 10.7. The normalized spacial score (nSPS) is 11.5. The molecule has 0 saturated heterocycles. The zero-order chi connectivity index (χ0) is 9.68. The van der Waals surface area contributed by atoms with Gasteiger partial charge in [0.15, 0.2) is 0 Å². The summed E-state index contributed by atoms with van der Waals surface area (Å²) in [5.74, 6) is -0.814. The first kappa shape index (κ1) is 12.9. The smallest absolute Gasteiger partial charge is 0.321 e. The van der Waals surface area contributed by atoms with Crippen LogP contribution in [0.5, 0.6) is 0 Å². The molecule has 1 aromatic rings. The van der Waals surface area contributed by atoms with E-state index in [1.165, 1.54) is 0 Å². The molecule has 1 rings (SSSR count). The average molecular weight is 211 g/mol. The molecule has 0 amide bonds. The highest BCUT2D eigenvalue weighted by Crippen LogP contribution is 2.02. The predicted molar refractivity (Wildman–Crippen MR) is 62.0 cm³/mol. The summed E-state index contributed by atoms with van der Waals surface area (Å²) in [6.45, 7) is 0. The van der Waals surface area contributed by atoms with Crippen molar-refractivity contribution >= 4 is 16.9 Å². The van der Waals surface area contributed by atoms with E-state index in [4.69, 9.17) is 5.11 Å². The molecule has 0 radical (unpaired) electrons. The number of aliphatic carboxylic acids is 1. The Bertz CT molecular complexity index is 277. The summed E-state index contributed by atoms with van der Waals surface area (Å²) < 4.78 is 0. The molecule has 78 valence electrons. The highest BCUT2D eigenvalue weighted by atomic mass is 28.1. The molecule has 14 heavy (non-hydrogen) atoms. The molecule has 0 aliphatic heterocycles. The Morgan fingerprint density at radius 3 is 2.43 bits per heavy atom. The zero-order valence-electron chi connectivity index (χ0n) is 7.53. The van der Waals surface area contributed by atoms with E-state index in [-0.39, 0.29) is 11.0 Å². The van der Waals surface area contributed by atoms with Crippen LogP contribution >= 0.6 is 0 Å². The van der Waals surface area contributed by atoms with Gasteiger partial charge in [0.05, 0.1) is 0 Å². The monoisotopic (exact) mass is 211 g/mol. The van der Waals surface area contributed by atoms with E-state index in [1.807, 2.05) is 30.3 Å². The first-order chi connectivity index (χ1) is 6.24. The van der Waals surface area contributed by atoms with Crippen molar-refractivity contribution in [2.75, 3.05) is 7.05 Å². The summed E-state index contributed by atoms with van der Waals surface area (Å²) in [5, 5.41) is 11.5. The Morgan fingerprint density at radius 1 is 1.43 bits per heavy atom. The van der Waals surface area contributed by atoms with Gasteiger partial charge in [-0.15, -0.1) is 0 Å². The molecule has 1 atom stereocenters. The van der Waals surface area contributed by atoms with E-state index >= 15 is 0 Å². The maximum Gasteiger partial charge on any atom is 0.321 e. The molecule has 0 aliphatic carbocycles. The highest BCUT2D eigenvalue weighted by molar-refractivity contribution is 5.75. The summed E-state index contributed by atoms with van der Waals surface area (Å²) in [7, 11) is 1.65. The summed E-state index contributed by atoms with van der Waals surface area (Å²) in [6.07, 6.45) is 0.521. The lowest BCUT2D eigenvalue weighted by Gasteiger charge is -2.10. The van der Waals surface area contributed by atoms with E-state index in [9.17, 15) is 4.79 Å². The van der Waals surface area contributed by atoms with Crippen LogP contribution in [0.1, 0.15) is 5.56 Å². The summed E-state index contributed by atoms with van der Waals surface area (Å²) >= 11 is 0. The first-order valence-electron chi connectivity index (χ1n) is 4.18. The molecule has 0 bridgehead atoms. The Balaban J connectivity index is 0.00000169. The lowest BCUT2D eigenvalue weighted by Crippen LogP contribution is -2.35. The van der Waals surface area contributed by atoms with Gasteiger partial charge in [-0.05, 0) is 30.0 Å². The van der Waals surface area contributed by atoms with Crippen LogP contribution in [0, 0.1) is 0 Å². The van der Waals surface area contributed by atoms with Gasteiger partial charge in [0.2, 0.25) is 0 Å². The number of carboxylic acid groups (broad SMARTS) is 1. The minimum Gasteiger partial charge on any atom is -0.480 e. The number of carboxylic acids is 1. The standard InChI is InChI=1S/C10H13NO2.H4Si/c1-11-9(10(12)13)7-8-5-3-2-4-6-8;/h2-6,9,11H,7H2,1H3,(H,12,13);1H4/t9-;/m0./s1. The molecule has 0 aliphatic rings. The van der Waals surface area contributed by atoms with Gasteiger partial charge in [-0.25, -0.2) is 0 Å². The van der Waals surface area contributed by atoms with Crippen LogP contribution < -0.4 is 5.32 Å². The Kier molecular flexibility index (Phi) is 5.83. The fourth-order valence-corrected chi connectivity index (χ4v) is 1.16. The Labute approximate surface area is 88.2 Å². The van der Waals surface area contributed by atoms with Crippen LogP contribution in [0.4, 0.5) is 0 Å². The number of nitrogens with one attached hydrogen (secondary N) is 1. The van der Waals surface area contributed by atoms with E-state index < -0.39 is 12.0 Å². The molecule has 0 fully saturated rings. The first-order valence-corrected chi connectivity index (χ1v) is 4.18. The lowest BCUT2D eigenvalue weighted by molar-refractivity contribution is -0.139. The topological polar surface area (TPSA) is 49.3 Å². The number of carbonyl (C=O) groups is 1. The maximum atomic E-state index is 10.7. The molecule has 0 heterocycles. The molecule has 3 nitrogen and oxygen atoms in total. The second kappa shape index (κ2) is 6.34. The van der Waals surface area contributed by atoms with Crippen molar-refractivity contribution in [3.8, 4) is 0 Å². The van der Waals surface area contributed by atoms with Crippen LogP contribution in [-0.2, 0) is 11.2 Å². The van der Waals surface area contributed by atoms with Gasteiger partial charge < -0.3 is 10.4 Å². The van der Waals surface area contributed by atoms with Crippen molar-refractivity contribution in [2.24, 2.45) is 0 Å². The van der Waals surface area contributed by atoms with Crippen LogP contribution in [0.2, 0.25) is 0 Å². The van der Waals surface area contributed by atoms with Gasteiger partial charge in [-0.2, -0.15) is 0 Å². The van der Waals surface area contributed by atoms with Crippen molar-refractivity contribution in [1.82, 2.24) is 5.32 Å². The van der Waals surface area contributed by atoms with Crippen molar-refractivity contribution in [3.63, 3.8) is 0 Å². The lowest BCUT2D eigenvalue weighted by atomic mass is 10.1. The number of hydrogen-bond donors (Lipinski definition) is 2. The molecule has 0 unspecified atom stereocenters. The molecular formula is C10H17NO2Si. The minimum atomic E-state index is -0.814. The molecule has 0 spiro atoms. The SMILES string of the molecule is CN[C@@H](Cc1ccccc1)C(=O)O.[SiH4]. The van der Waals surface area contributed by atoms with Crippen molar-refractivity contribution in [1.29, 1.82) is 0 Å². The van der Waals surface area contributed by atoms with E-state index in [0.717, 1.165) is 5.56 Å². The van der Waals surface area contributed by atoms with Crippen molar-refractivity contribution in [2.45, 2.75) is 12.5 Å². The third-order valence-corrected chi connectivity index (χ3v) is 1.93. The van der Waals surface area contributed by atoms with Crippen LogP contribution in [0.25, 0.3) is 0 Å². The number of hydrogen-bond acceptors (Lipinski definition) is 2.